The van der Waals surface area contributed by atoms with Crippen molar-refractivity contribution in [2.24, 2.45) is 5.92 Å². The lowest BCUT2D eigenvalue weighted by atomic mass is 9.84. The maximum Gasteiger partial charge on any atom is 0.172 e. The zero-order chi connectivity index (χ0) is 11.1. The lowest BCUT2D eigenvalue weighted by molar-refractivity contribution is 0.0744. The van der Waals surface area contributed by atoms with E-state index in [0.717, 1.165) is 19.3 Å². The van der Waals surface area contributed by atoms with Gasteiger partial charge in [0.2, 0.25) is 0 Å². The van der Waals surface area contributed by atoms with Crippen LogP contribution < -0.4 is 5.73 Å². The third kappa shape index (κ3) is 1.41. The zero-order valence-electron chi connectivity index (χ0n) is 8.93. The van der Waals surface area contributed by atoms with Crippen molar-refractivity contribution < 1.29 is 9.53 Å². The molecule has 0 saturated carbocycles. The van der Waals surface area contributed by atoms with Crippen molar-refractivity contribution in [2.75, 3.05) is 5.73 Å². The second-order valence-corrected chi connectivity index (χ2v) is 4.54. The van der Waals surface area contributed by atoms with Gasteiger partial charge in [-0.3, -0.25) is 9.78 Å². The monoisotopic (exact) mass is 218 g/mol. The van der Waals surface area contributed by atoms with Crippen molar-refractivity contribution in [3.05, 3.63) is 24.0 Å². The van der Waals surface area contributed by atoms with Gasteiger partial charge in [-0.15, -0.1) is 0 Å². The number of carbonyl (C=O) groups is 1. The average molecular weight is 218 g/mol. The molecule has 2 aliphatic rings. The predicted octanol–water partition coefficient (Wildman–Crippen LogP) is 1.41. The van der Waals surface area contributed by atoms with Crippen LogP contribution in [0.2, 0.25) is 0 Å². The Hall–Kier alpha value is -1.42. The number of nitrogen functional groups attached to an aromatic ring is 1. The van der Waals surface area contributed by atoms with Crippen LogP contribution in [0.3, 0.4) is 0 Å². The molecule has 84 valence electrons. The van der Waals surface area contributed by atoms with E-state index in [9.17, 15) is 4.79 Å². The Bertz CT molecular complexity index is 433. The Kier molecular flexibility index (Phi) is 2.17. The van der Waals surface area contributed by atoms with Crippen LogP contribution in [0, 0.1) is 5.92 Å². The second-order valence-electron chi connectivity index (χ2n) is 4.54. The highest BCUT2D eigenvalue weighted by Gasteiger charge is 2.44. The van der Waals surface area contributed by atoms with Crippen LogP contribution in [-0.2, 0) is 4.74 Å². The van der Waals surface area contributed by atoms with Gasteiger partial charge in [0.15, 0.2) is 5.78 Å². The molecule has 0 radical (unpaired) electrons. The Morgan fingerprint density at radius 3 is 3.00 bits per heavy atom. The van der Waals surface area contributed by atoms with Gasteiger partial charge in [0.25, 0.3) is 0 Å². The van der Waals surface area contributed by atoms with Gasteiger partial charge in [-0.05, 0) is 25.3 Å². The standard InChI is InChI=1S/C12H14N2O2/c13-10-3-4-14-6-9(10)12(15)8-5-7-1-2-11(8)16-7/h3-4,6-8,11H,1-2,5H2,(H2,13,14). The first kappa shape index (κ1) is 9.78. The number of aromatic nitrogens is 1. The molecular formula is C12H14N2O2. The molecule has 4 heteroatoms. The van der Waals surface area contributed by atoms with Crippen LogP contribution in [0.1, 0.15) is 29.6 Å². The first-order valence-corrected chi connectivity index (χ1v) is 5.65. The van der Waals surface area contributed by atoms with Gasteiger partial charge < -0.3 is 10.5 Å². The van der Waals surface area contributed by atoms with Crippen molar-refractivity contribution in [1.82, 2.24) is 4.98 Å². The summed E-state index contributed by atoms with van der Waals surface area (Å²) < 4.78 is 5.69. The highest BCUT2D eigenvalue weighted by molar-refractivity contribution is 6.02. The van der Waals surface area contributed by atoms with Gasteiger partial charge in [-0.1, -0.05) is 0 Å². The molecule has 2 N–H and O–H groups in total. The van der Waals surface area contributed by atoms with Crippen LogP contribution >= 0.6 is 0 Å². The summed E-state index contributed by atoms with van der Waals surface area (Å²) in [7, 11) is 0. The fourth-order valence-corrected chi connectivity index (χ4v) is 2.72. The molecule has 3 unspecified atom stereocenters. The number of rotatable bonds is 2. The number of Topliss-reactive ketones (excluding diaryl/α,β-unsaturated/α-hetero) is 1. The largest absolute Gasteiger partial charge is 0.398 e. The molecule has 2 saturated heterocycles. The molecule has 0 aliphatic carbocycles. The van der Waals surface area contributed by atoms with Crippen LogP contribution in [0.25, 0.3) is 0 Å². The number of ether oxygens (including phenoxy) is 1. The molecule has 2 aliphatic heterocycles. The molecule has 3 heterocycles. The lowest BCUT2D eigenvalue weighted by Crippen LogP contribution is -2.26. The quantitative estimate of drug-likeness (QED) is 0.762. The summed E-state index contributed by atoms with van der Waals surface area (Å²) in [6.07, 6.45) is 6.50. The highest BCUT2D eigenvalue weighted by Crippen LogP contribution is 2.40. The average Bonchev–Trinajstić information content (AvgIpc) is 2.90. The Labute approximate surface area is 93.8 Å². The zero-order valence-corrected chi connectivity index (χ0v) is 8.93. The summed E-state index contributed by atoms with van der Waals surface area (Å²) >= 11 is 0. The molecule has 0 amide bonds. The number of nitrogens with two attached hydrogens (primary N) is 1. The van der Waals surface area contributed by atoms with E-state index >= 15 is 0 Å². The van der Waals surface area contributed by atoms with Crippen molar-refractivity contribution in [2.45, 2.75) is 31.5 Å². The molecule has 0 spiro atoms. The molecule has 4 nitrogen and oxygen atoms in total. The first-order chi connectivity index (χ1) is 7.75. The SMILES string of the molecule is Nc1ccncc1C(=O)C1CC2CCC1O2. The number of pyridine rings is 1. The normalized spacial score (nSPS) is 31.9. The molecular weight excluding hydrogens is 204 g/mol. The third-order valence-electron chi connectivity index (χ3n) is 3.56. The van der Waals surface area contributed by atoms with Gasteiger partial charge in [0, 0.05) is 18.1 Å². The van der Waals surface area contributed by atoms with Crippen molar-refractivity contribution in [3.63, 3.8) is 0 Å². The Morgan fingerprint density at radius 1 is 1.50 bits per heavy atom. The van der Waals surface area contributed by atoms with E-state index in [1.54, 1.807) is 18.5 Å². The second kappa shape index (κ2) is 3.56. The number of fused-ring (bicyclic) bond motifs is 2. The summed E-state index contributed by atoms with van der Waals surface area (Å²) in [6.45, 7) is 0. The van der Waals surface area contributed by atoms with Gasteiger partial charge in [0.05, 0.1) is 23.7 Å². The number of hydrogen-bond acceptors (Lipinski definition) is 4. The molecule has 1 aromatic rings. The molecule has 2 fully saturated rings. The minimum atomic E-state index is -0.00903. The molecule has 16 heavy (non-hydrogen) atoms. The van der Waals surface area contributed by atoms with E-state index in [0.29, 0.717) is 11.3 Å². The maximum absolute atomic E-state index is 12.3. The third-order valence-corrected chi connectivity index (χ3v) is 3.56. The smallest absolute Gasteiger partial charge is 0.172 e. The number of anilines is 1. The van der Waals surface area contributed by atoms with E-state index < -0.39 is 0 Å². The molecule has 3 atom stereocenters. The fraction of sp³-hybridized carbons (Fsp3) is 0.500. The lowest BCUT2D eigenvalue weighted by Gasteiger charge is -2.17. The van der Waals surface area contributed by atoms with Crippen molar-refractivity contribution >= 4 is 11.5 Å². The minimum Gasteiger partial charge on any atom is -0.398 e. The fourth-order valence-electron chi connectivity index (χ4n) is 2.72. The van der Waals surface area contributed by atoms with Crippen LogP contribution in [-0.4, -0.2) is 23.0 Å². The summed E-state index contributed by atoms with van der Waals surface area (Å²) in [5, 5.41) is 0. The number of nitrogens with zero attached hydrogens (tertiary/aromatic N) is 1. The van der Waals surface area contributed by atoms with Crippen molar-refractivity contribution in [3.8, 4) is 0 Å². The van der Waals surface area contributed by atoms with E-state index in [1.165, 1.54) is 0 Å². The Balaban J connectivity index is 1.86. The van der Waals surface area contributed by atoms with Gasteiger partial charge in [0.1, 0.15) is 0 Å². The van der Waals surface area contributed by atoms with Crippen LogP contribution in [0.15, 0.2) is 18.5 Å². The summed E-state index contributed by atoms with van der Waals surface area (Å²) in [6, 6.07) is 1.67. The number of hydrogen-bond donors (Lipinski definition) is 1. The van der Waals surface area contributed by atoms with Crippen LogP contribution in [0.4, 0.5) is 5.69 Å². The number of ketones is 1. The van der Waals surface area contributed by atoms with E-state index in [-0.39, 0.29) is 23.9 Å². The summed E-state index contributed by atoms with van der Waals surface area (Å²) in [4.78, 5) is 16.2. The van der Waals surface area contributed by atoms with Crippen molar-refractivity contribution in [1.29, 1.82) is 0 Å². The topological polar surface area (TPSA) is 65.2 Å². The highest BCUT2D eigenvalue weighted by atomic mass is 16.5. The van der Waals surface area contributed by atoms with Crippen LogP contribution in [0.5, 0.6) is 0 Å². The molecule has 3 rings (SSSR count). The number of carbonyl (C=O) groups excluding carboxylic acids is 1. The molecule has 0 aromatic carbocycles. The van der Waals surface area contributed by atoms with Gasteiger partial charge >= 0.3 is 0 Å². The van der Waals surface area contributed by atoms with Gasteiger partial charge in [-0.2, -0.15) is 0 Å². The van der Waals surface area contributed by atoms with E-state index in [1.807, 2.05) is 0 Å². The van der Waals surface area contributed by atoms with Gasteiger partial charge in [-0.25, -0.2) is 0 Å². The molecule has 1 aromatic heterocycles. The maximum atomic E-state index is 12.3. The Morgan fingerprint density at radius 2 is 2.38 bits per heavy atom. The van der Waals surface area contributed by atoms with E-state index in [2.05, 4.69) is 4.98 Å². The summed E-state index contributed by atoms with van der Waals surface area (Å²) in [5.41, 5.74) is 6.85. The predicted molar refractivity (Wildman–Crippen MR) is 59.0 cm³/mol. The molecule has 2 bridgehead atoms. The summed E-state index contributed by atoms with van der Waals surface area (Å²) in [5.74, 6) is 0.0862. The first-order valence-electron chi connectivity index (χ1n) is 5.65. The minimum absolute atomic E-state index is 0.00903. The van der Waals surface area contributed by atoms with E-state index in [4.69, 9.17) is 10.5 Å².